The molecule has 0 spiro atoms. The van der Waals surface area contributed by atoms with Crippen LogP contribution >= 0.6 is 0 Å². The lowest BCUT2D eigenvalue weighted by Gasteiger charge is -2.11. The number of hydrogen-bond acceptors (Lipinski definition) is 2. The molecule has 3 heteroatoms. The van der Waals surface area contributed by atoms with Crippen molar-refractivity contribution < 1.29 is 0 Å². The lowest BCUT2D eigenvalue weighted by Crippen LogP contribution is -2.24. The number of aromatic nitrogens is 2. The molecule has 1 atom stereocenters. The molecule has 0 aliphatic carbocycles. The second-order valence-corrected chi connectivity index (χ2v) is 4.79. The number of fused-ring (bicyclic) bond motifs is 1. The largest absolute Gasteiger partial charge is 0.327 e. The third-order valence-corrected chi connectivity index (χ3v) is 2.66. The smallest absolute Gasteiger partial charge is 0.136 e. The maximum atomic E-state index is 6.08. The minimum absolute atomic E-state index is 0.213. The highest BCUT2D eigenvalue weighted by Gasteiger charge is 2.09. The molecular formula is C13H19N3. The Hall–Kier alpha value is -1.35. The van der Waals surface area contributed by atoms with Crippen LogP contribution in [0.4, 0.5) is 0 Å². The van der Waals surface area contributed by atoms with Crippen molar-refractivity contribution in [2.75, 3.05) is 0 Å². The Balaban J connectivity index is 2.09. The van der Waals surface area contributed by atoms with Crippen molar-refractivity contribution >= 4 is 5.65 Å². The van der Waals surface area contributed by atoms with Crippen LogP contribution in [0, 0.1) is 5.92 Å². The summed E-state index contributed by atoms with van der Waals surface area (Å²) in [5, 5.41) is 0. The summed E-state index contributed by atoms with van der Waals surface area (Å²) in [6.45, 7) is 4.40. The molecule has 0 aromatic carbocycles. The molecule has 2 N–H and O–H groups in total. The van der Waals surface area contributed by atoms with E-state index < -0.39 is 0 Å². The maximum Gasteiger partial charge on any atom is 0.136 e. The minimum atomic E-state index is 0.213. The summed E-state index contributed by atoms with van der Waals surface area (Å²) in [5.74, 6) is 0.645. The van der Waals surface area contributed by atoms with E-state index >= 15 is 0 Å². The van der Waals surface area contributed by atoms with Crippen LogP contribution in [0.5, 0.6) is 0 Å². The van der Waals surface area contributed by atoms with Gasteiger partial charge in [-0.1, -0.05) is 19.9 Å². The van der Waals surface area contributed by atoms with Crippen molar-refractivity contribution in [3.63, 3.8) is 0 Å². The summed E-state index contributed by atoms with van der Waals surface area (Å²) in [7, 11) is 0. The van der Waals surface area contributed by atoms with Crippen molar-refractivity contribution in [3.05, 3.63) is 36.3 Å². The molecule has 16 heavy (non-hydrogen) atoms. The Morgan fingerprint density at radius 1 is 1.38 bits per heavy atom. The van der Waals surface area contributed by atoms with Crippen molar-refractivity contribution in [1.29, 1.82) is 0 Å². The Morgan fingerprint density at radius 3 is 2.88 bits per heavy atom. The molecule has 0 saturated heterocycles. The Labute approximate surface area is 96.3 Å². The van der Waals surface area contributed by atoms with E-state index in [0.29, 0.717) is 5.92 Å². The molecule has 0 amide bonds. The molecule has 0 bridgehead atoms. The summed E-state index contributed by atoms with van der Waals surface area (Å²) >= 11 is 0. The van der Waals surface area contributed by atoms with Crippen molar-refractivity contribution in [1.82, 2.24) is 9.38 Å². The van der Waals surface area contributed by atoms with Gasteiger partial charge in [0.15, 0.2) is 0 Å². The van der Waals surface area contributed by atoms with Crippen LogP contribution in [0.3, 0.4) is 0 Å². The molecule has 0 fully saturated rings. The van der Waals surface area contributed by atoms with Gasteiger partial charge >= 0.3 is 0 Å². The third kappa shape index (κ3) is 2.61. The summed E-state index contributed by atoms with van der Waals surface area (Å²) in [6, 6.07) is 6.23. The van der Waals surface area contributed by atoms with Gasteiger partial charge in [0.05, 0.1) is 5.69 Å². The van der Waals surface area contributed by atoms with Crippen LogP contribution in [-0.2, 0) is 6.42 Å². The summed E-state index contributed by atoms with van der Waals surface area (Å²) in [4.78, 5) is 4.54. The highest BCUT2D eigenvalue weighted by Crippen LogP contribution is 2.10. The first kappa shape index (κ1) is 11.1. The Morgan fingerprint density at radius 2 is 2.19 bits per heavy atom. The normalized spacial score (nSPS) is 13.5. The number of rotatable bonds is 4. The average molecular weight is 217 g/mol. The molecule has 2 aromatic rings. The van der Waals surface area contributed by atoms with E-state index in [4.69, 9.17) is 5.73 Å². The number of hydrogen-bond donors (Lipinski definition) is 1. The predicted molar refractivity (Wildman–Crippen MR) is 66.3 cm³/mol. The van der Waals surface area contributed by atoms with Gasteiger partial charge in [0.25, 0.3) is 0 Å². The van der Waals surface area contributed by atoms with Crippen molar-refractivity contribution in [3.8, 4) is 0 Å². The molecule has 1 unspecified atom stereocenters. The van der Waals surface area contributed by atoms with Gasteiger partial charge in [-0.25, -0.2) is 4.98 Å². The molecule has 2 rings (SSSR count). The molecule has 0 aliphatic heterocycles. The molecule has 0 radical (unpaired) electrons. The Bertz CT molecular complexity index is 426. The maximum absolute atomic E-state index is 6.08. The number of pyridine rings is 1. The van der Waals surface area contributed by atoms with Crippen LogP contribution in [0.15, 0.2) is 30.6 Å². The Kier molecular flexibility index (Phi) is 3.25. The molecule has 2 heterocycles. The lowest BCUT2D eigenvalue weighted by molar-refractivity contribution is 0.491. The van der Waals surface area contributed by atoms with Gasteiger partial charge in [-0.05, 0) is 24.5 Å². The predicted octanol–water partition coefficient (Wildman–Crippen LogP) is 2.25. The van der Waals surface area contributed by atoms with Gasteiger partial charge in [0.2, 0.25) is 0 Å². The first-order valence-electron chi connectivity index (χ1n) is 5.83. The SMILES string of the molecule is CC(C)CC(N)Cc1cn2ccccc2n1. The van der Waals surface area contributed by atoms with E-state index in [-0.39, 0.29) is 6.04 Å². The minimum Gasteiger partial charge on any atom is -0.327 e. The fourth-order valence-corrected chi connectivity index (χ4v) is 2.04. The van der Waals surface area contributed by atoms with Crippen molar-refractivity contribution in [2.24, 2.45) is 11.7 Å². The van der Waals surface area contributed by atoms with Crippen LogP contribution in [0.1, 0.15) is 26.0 Å². The lowest BCUT2D eigenvalue weighted by atomic mass is 10.0. The topological polar surface area (TPSA) is 43.3 Å². The van der Waals surface area contributed by atoms with Crippen LogP contribution in [0.25, 0.3) is 5.65 Å². The van der Waals surface area contributed by atoms with Gasteiger partial charge in [0, 0.05) is 24.9 Å². The van der Waals surface area contributed by atoms with Gasteiger partial charge in [-0.15, -0.1) is 0 Å². The van der Waals surface area contributed by atoms with E-state index in [1.807, 2.05) is 28.8 Å². The molecule has 86 valence electrons. The first-order chi connectivity index (χ1) is 7.65. The van der Waals surface area contributed by atoms with Gasteiger partial charge in [0.1, 0.15) is 5.65 Å². The van der Waals surface area contributed by atoms with E-state index in [1.165, 1.54) is 0 Å². The number of nitrogens with zero attached hydrogens (tertiary/aromatic N) is 2. The van der Waals surface area contributed by atoms with E-state index in [1.54, 1.807) is 0 Å². The molecule has 2 aromatic heterocycles. The van der Waals surface area contributed by atoms with Crippen molar-refractivity contribution in [2.45, 2.75) is 32.7 Å². The summed E-state index contributed by atoms with van der Waals surface area (Å²) < 4.78 is 2.04. The number of nitrogens with two attached hydrogens (primary N) is 1. The third-order valence-electron chi connectivity index (χ3n) is 2.66. The van der Waals surface area contributed by atoms with Gasteiger partial charge < -0.3 is 10.1 Å². The van der Waals surface area contributed by atoms with Crippen LogP contribution < -0.4 is 5.73 Å². The molecule has 0 saturated carbocycles. The van der Waals surface area contributed by atoms with E-state index in [9.17, 15) is 0 Å². The molecule has 3 nitrogen and oxygen atoms in total. The van der Waals surface area contributed by atoms with Gasteiger partial charge in [-0.3, -0.25) is 0 Å². The fraction of sp³-hybridized carbons (Fsp3) is 0.462. The highest BCUT2D eigenvalue weighted by molar-refractivity contribution is 5.39. The van der Waals surface area contributed by atoms with Crippen LogP contribution in [0.2, 0.25) is 0 Å². The number of imidazole rings is 1. The quantitative estimate of drug-likeness (QED) is 0.853. The zero-order chi connectivity index (χ0) is 11.5. The highest BCUT2D eigenvalue weighted by atomic mass is 15.0. The monoisotopic (exact) mass is 217 g/mol. The average Bonchev–Trinajstić information content (AvgIpc) is 2.57. The summed E-state index contributed by atoms with van der Waals surface area (Å²) in [5.41, 5.74) is 8.16. The standard InChI is InChI=1S/C13H19N3/c1-10(2)7-11(14)8-12-9-16-6-4-3-5-13(16)15-12/h3-6,9-11H,7-8,14H2,1-2H3. The second kappa shape index (κ2) is 4.66. The van der Waals surface area contributed by atoms with E-state index in [0.717, 1.165) is 24.2 Å². The zero-order valence-electron chi connectivity index (χ0n) is 9.93. The fourth-order valence-electron chi connectivity index (χ4n) is 2.04. The van der Waals surface area contributed by atoms with Gasteiger partial charge in [-0.2, -0.15) is 0 Å². The molecule has 0 aliphatic rings. The van der Waals surface area contributed by atoms with Crippen LogP contribution in [-0.4, -0.2) is 15.4 Å². The van der Waals surface area contributed by atoms with E-state index in [2.05, 4.69) is 25.0 Å². The molecular weight excluding hydrogens is 198 g/mol. The summed E-state index contributed by atoms with van der Waals surface area (Å²) in [6.07, 6.45) is 5.99. The zero-order valence-corrected chi connectivity index (χ0v) is 9.93. The first-order valence-corrected chi connectivity index (χ1v) is 5.83. The second-order valence-electron chi connectivity index (χ2n) is 4.79.